The van der Waals surface area contributed by atoms with Crippen LogP contribution in [0.25, 0.3) is 10.4 Å². The van der Waals surface area contributed by atoms with Crippen molar-refractivity contribution in [3.05, 3.63) is 58.9 Å². The summed E-state index contributed by atoms with van der Waals surface area (Å²) in [7, 11) is 0. The van der Waals surface area contributed by atoms with Gasteiger partial charge in [-0.3, -0.25) is 19.0 Å². The number of thiazole rings is 1. The number of fused-ring (bicyclic) bond motifs is 2. The van der Waals surface area contributed by atoms with E-state index in [1.165, 1.54) is 28.8 Å². The largest absolute Gasteiger partial charge is 0.477 e. The van der Waals surface area contributed by atoms with E-state index in [1.54, 1.807) is 35.9 Å². The number of rotatable bonds is 5. The van der Waals surface area contributed by atoms with Gasteiger partial charge in [-0.25, -0.2) is 9.78 Å². The Bertz CT molecular complexity index is 1280. The number of carboxylic acids is 1. The zero-order valence-corrected chi connectivity index (χ0v) is 17.4. The average Bonchev–Trinajstić information content (AvgIpc) is 3.37. The average molecular weight is 438 g/mol. The predicted molar refractivity (Wildman–Crippen MR) is 110 cm³/mol. The fourth-order valence-corrected chi connectivity index (χ4v) is 5.82. The first-order chi connectivity index (χ1) is 14.8. The monoisotopic (exact) mass is 438 g/mol. The number of aliphatic hydroxyl groups is 1. The van der Waals surface area contributed by atoms with Crippen LogP contribution >= 0.6 is 11.3 Å². The highest BCUT2D eigenvalue weighted by atomic mass is 32.1. The van der Waals surface area contributed by atoms with Crippen LogP contribution in [0.2, 0.25) is 0 Å². The molecule has 0 bridgehead atoms. The molecule has 0 aliphatic carbocycles. The van der Waals surface area contributed by atoms with E-state index in [-0.39, 0.29) is 29.0 Å². The number of carbonyl (C=O) groups excluding carboxylic acids is 2. The normalized spacial score (nSPS) is 23.8. The molecule has 10 heteroatoms. The van der Waals surface area contributed by atoms with E-state index in [0.717, 1.165) is 0 Å². The van der Waals surface area contributed by atoms with Gasteiger partial charge in [0.15, 0.2) is 0 Å². The molecule has 158 valence electrons. The molecular formula is C21H18N4O5S. The summed E-state index contributed by atoms with van der Waals surface area (Å²) in [6, 6.07) is 2.93. The smallest absolute Gasteiger partial charge is 0.352 e. The topological polar surface area (TPSA) is 125 Å². The first-order valence-corrected chi connectivity index (χ1v) is 10.5. The van der Waals surface area contributed by atoms with Crippen molar-refractivity contribution in [1.82, 2.24) is 19.3 Å². The number of hydrogen-bond acceptors (Lipinski definition) is 7. The van der Waals surface area contributed by atoms with Crippen molar-refractivity contribution < 1.29 is 24.6 Å². The number of ketones is 1. The maximum absolute atomic E-state index is 12.9. The predicted octanol–water partition coefficient (Wildman–Crippen LogP) is 1.67. The van der Waals surface area contributed by atoms with Gasteiger partial charge in [0.2, 0.25) is 11.7 Å². The molecule has 1 saturated heterocycles. The van der Waals surface area contributed by atoms with Crippen molar-refractivity contribution in [2.24, 2.45) is 11.8 Å². The second-order valence-electron chi connectivity index (χ2n) is 7.79. The molecule has 3 aromatic heterocycles. The lowest BCUT2D eigenvalue weighted by molar-refractivity contribution is -0.163. The molecule has 31 heavy (non-hydrogen) atoms. The van der Waals surface area contributed by atoms with Crippen LogP contribution in [-0.4, -0.2) is 59.3 Å². The van der Waals surface area contributed by atoms with Crippen LogP contribution < -0.4 is 0 Å². The lowest BCUT2D eigenvalue weighted by Gasteiger charge is -2.46. The molecule has 3 aromatic rings. The molecule has 9 nitrogen and oxygen atoms in total. The number of pyridine rings is 1. The van der Waals surface area contributed by atoms with Crippen molar-refractivity contribution in [1.29, 1.82) is 0 Å². The van der Waals surface area contributed by atoms with E-state index in [4.69, 9.17) is 0 Å². The van der Waals surface area contributed by atoms with Crippen molar-refractivity contribution >= 4 is 39.4 Å². The quantitative estimate of drug-likeness (QED) is 0.459. The summed E-state index contributed by atoms with van der Waals surface area (Å²) in [5.41, 5.74) is 1.14. The number of imidazole rings is 1. The molecule has 0 spiro atoms. The first kappa shape index (κ1) is 19.6. The van der Waals surface area contributed by atoms with Crippen molar-refractivity contribution in [3.8, 4) is 0 Å². The summed E-state index contributed by atoms with van der Waals surface area (Å²) in [4.78, 5) is 48.2. The summed E-state index contributed by atoms with van der Waals surface area (Å²) in [6.45, 7) is 3.40. The van der Waals surface area contributed by atoms with Crippen LogP contribution in [0.15, 0.2) is 42.7 Å². The minimum atomic E-state index is -1.19. The van der Waals surface area contributed by atoms with Crippen LogP contribution in [0.5, 0.6) is 0 Å². The SMILES string of the molecule is C[C@H]1C(c2cn3cnc(C(=O)c4cccnc4)c3s2)=C(C(=O)O)N2C(=O)[C@H]([C@@H](C)O)C12. The summed E-state index contributed by atoms with van der Waals surface area (Å²) in [5.74, 6) is -2.75. The Kier molecular flexibility index (Phi) is 4.31. The molecular weight excluding hydrogens is 420 g/mol. The maximum Gasteiger partial charge on any atom is 0.352 e. The van der Waals surface area contributed by atoms with E-state index in [9.17, 15) is 24.6 Å². The van der Waals surface area contributed by atoms with E-state index in [1.807, 2.05) is 6.92 Å². The lowest BCUT2D eigenvalue weighted by atomic mass is 9.77. The number of amides is 1. The van der Waals surface area contributed by atoms with E-state index >= 15 is 0 Å². The molecule has 2 aliphatic heterocycles. The molecule has 1 fully saturated rings. The summed E-state index contributed by atoms with van der Waals surface area (Å²) < 4.78 is 1.69. The van der Waals surface area contributed by atoms with Crippen LogP contribution in [0.3, 0.4) is 0 Å². The van der Waals surface area contributed by atoms with Crippen LogP contribution in [0.4, 0.5) is 0 Å². The zero-order valence-electron chi connectivity index (χ0n) is 16.6. The number of carboxylic acid groups (broad SMARTS) is 1. The molecule has 0 aromatic carbocycles. The van der Waals surface area contributed by atoms with Crippen molar-refractivity contribution in [2.45, 2.75) is 26.0 Å². The Morgan fingerprint density at radius 1 is 1.32 bits per heavy atom. The maximum atomic E-state index is 12.9. The summed E-state index contributed by atoms with van der Waals surface area (Å²) >= 11 is 1.26. The second kappa shape index (κ2) is 6.82. The molecule has 2 aliphatic rings. The molecule has 2 N–H and O–H groups in total. The number of β-lactam (4-membered cyclic amide) rings is 1. The molecule has 5 rings (SSSR count). The molecule has 0 radical (unpaired) electrons. The van der Waals surface area contributed by atoms with Gasteiger partial charge >= 0.3 is 5.97 Å². The zero-order chi connectivity index (χ0) is 22.0. The fraction of sp³-hybridized carbons (Fsp3) is 0.286. The number of nitrogens with zero attached hydrogens (tertiary/aromatic N) is 4. The molecule has 4 atom stereocenters. The van der Waals surface area contributed by atoms with Gasteiger partial charge in [0.05, 0.1) is 22.9 Å². The number of aliphatic carboxylic acids is 1. The third-order valence-corrected chi connectivity index (χ3v) is 7.13. The van der Waals surface area contributed by atoms with Crippen LogP contribution in [-0.2, 0) is 9.59 Å². The Morgan fingerprint density at radius 3 is 2.74 bits per heavy atom. The van der Waals surface area contributed by atoms with Gasteiger partial charge in [-0.15, -0.1) is 11.3 Å². The third kappa shape index (κ3) is 2.68. The third-order valence-electron chi connectivity index (χ3n) is 5.99. The van der Waals surface area contributed by atoms with E-state index < -0.39 is 24.0 Å². The van der Waals surface area contributed by atoms with Gasteiger partial charge in [-0.1, -0.05) is 6.92 Å². The number of aliphatic hydroxyl groups excluding tert-OH is 1. The second-order valence-corrected chi connectivity index (χ2v) is 8.82. The number of hydrogen-bond donors (Lipinski definition) is 2. The minimum absolute atomic E-state index is 0.0583. The number of aromatic nitrogens is 3. The number of carbonyl (C=O) groups is 3. The Morgan fingerprint density at radius 2 is 2.10 bits per heavy atom. The van der Waals surface area contributed by atoms with Gasteiger partial charge in [0.25, 0.3) is 0 Å². The summed E-state index contributed by atoms with van der Waals surface area (Å²) in [5, 5.41) is 19.9. The van der Waals surface area contributed by atoms with Crippen LogP contribution in [0.1, 0.15) is 34.8 Å². The lowest BCUT2D eigenvalue weighted by Crippen LogP contribution is -2.63. The first-order valence-electron chi connectivity index (χ1n) is 9.71. The Labute approximate surface area is 180 Å². The van der Waals surface area contributed by atoms with Gasteiger partial charge < -0.3 is 15.1 Å². The van der Waals surface area contributed by atoms with Gasteiger partial charge in [-0.2, -0.15) is 0 Å². The minimum Gasteiger partial charge on any atom is -0.477 e. The van der Waals surface area contributed by atoms with Crippen LogP contribution in [0, 0.1) is 11.8 Å². The Balaban J connectivity index is 1.60. The van der Waals surface area contributed by atoms with E-state index in [0.29, 0.717) is 20.8 Å². The highest BCUT2D eigenvalue weighted by Crippen LogP contribution is 2.51. The molecule has 5 heterocycles. The van der Waals surface area contributed by atoms with Crippen molar-refractivity contribution in [3.63, 3.8) is 0 Å². The highest BCUT2D eigenvalue weighted by Gasteiger charge is 2.60. The molecule has 1 unspecified atom stereocenters. The van der Waals surface area contributed by atoms with Gasteiger partial charge in [0, 0.05) is 35.6 Å². The Hall–Kier alpha value is -3.37. The molecule has 1 amide bonds. The fourth-order valence-electron chi connectivity index (χ4n) is 4.61. The molecule has 0 saturated carbocycles. The van der Waals surface area contributed by atoms with E-state index in [2.05, 4.69) is 9.97 Å². The summed E-state index contributed by atoms with van der Waals surface area (Å²) in [6.07, 6.45) is 5.43. The van der Waals surface area contributed by atoms with Gasteiger partial charge in [0.1, 0.15) is 22.5 Å². The van der Waals surface area contributed by atoms with Crippen molar-refractivity contribution in [2.75, 3.05) is 0 Å². The van der Waals surface area contributed by atoms with Gasteiger partial charge in [-0.05, 0) is 19.1 Å². The highest BCUT2D eigenvalue weighted by molar-refractivity contribution is 7.18. The standard InChI is InChI=1S/C21H18N4O5S/c1-9-13(17(21(29)30)25-16(9)14(10(2)26)19(25)28)12-7-24-8-23-15(20(24)31-12)18(27)11-4-3-5-22-6-11/h3-10,14,16,26H,1-2H3,(H,29,30)/t9-,10+,14+,16?/m0/s1.